The molecule has 0 spiro atoms. The van der Waals surface area contributed by atoms with E-state index in [1.54, 1.807) is 12.4 Å². The molecule has 0 atom stereocenters. The molecule has 0 saturated heterocycles. The molecule has 0 amide bonds. The lowest BCUT2D eigenvalue weighted by Gasteiger charge is -2.11. The van der Waals surface area contributed by atoms with E-state index in [1.165, 1.54) is 0 Å². The smallest absolute Gasteiger partial charge is 0.142 e. The summed E-state index contributed by atoms with van der Waals surface area (Å²) in [5, 5.41) is 4.89. The molecule has 4 aromatic rings. The summed E-state index contributed by atoms with van der Waals surface area (Å²) in [6.07, 6.45) is 4.05. The van der Waals surface area contributed by atoms with Crippen LogP contribution in [0.1, 0.15) is 11.6 Å². The Morgan fingerprint density at radius 2 is 1.92 bits per heavy atom. The van der Waals surface area contributed by atoms with Gasteiger partial charge in [-0.15, -0.1) is 0 Å². The van der Waals surface area contributed by atoms with E-state index in [1.807, 2.05) is 48.5 Å². The standard InChI is InChI=1S/C18H14ClN5/c19-12-6-7-15-14(10-12)18(22-13-4-2-1-3-5-13)24-17(23-15)11-16-20-8-9-21-16/h1-10H,11H2,(H,20,21)(H,22,23,24). The van der Waals surface area contributed by atoms with Gasteiger partial charge in [0.25, 0.3) is 0 Å². The number of H-pyrrole nitrogens is 1. The van der Waals surface area contributed by atoms with Crippen LogP contribution in [0.4, 0.5) is 11.5 Å². The lowest BCUT2D eigenvalue weighted by Crippen LogP contribution is -2.03. The molecule has 0 fully saturated rings. The summed E-state index contributed by atoms with van der Waals surface area (Å²) in [7, 11) is 0. The normalized spacial score (nSPS) is 10.9. The third-order valence-corrected chi connectivity index (χ3v) is 3.86. The van der Waals surface area contributed by atoms with E-state index in [0.29, 0.717) is 17.3 Å². The van der Waals surface area contributed by atoms with Crippen LogP contribution in [0, 0.1) is 0 Å². The molecular formula is C18H14ClN5. The van der Waals surface area contributed by atoms with Gasteiger partial charge in [-0.1, -0.05) is 29.8 Å². The van der Waals surface area contributed by atoms with E-state index in [-0.39, 0.29) is 0 Å². The Morgan fingerprint density at radius 3 is 2.71 bits per heavy atom. The molecule has 0 aliphatic heterocycles. The average molecular weight is 336 g/mol. The predicted molar refractivity (Wildman–Crippen MR) is 95.7 cm³/mol. The minimum atomic E-state index is 0.537. The minimum Gasteiger partial charge on any atom is -0.348 e. The first-order valence-corrected chi connectivity index (χ1v) is 7.92. The quantitative estimate of drug-likeness (QED) is 0.582. The van der Waals surface area contributed by atoms with Crippen molar-refractivity contribution in [1.82, 2.24) is 19.9 Å². The number of nitrogens with zero attached hydrogens (tertiary/aromatic N) is 3. The summed E-state index contributed by atoms with van der Waals surface area (Å²) in [5.41, 5.74) is 1.80. The molecule has 0 saturated carbocycles. The van der Waals surface area contributed by atoms with Crippen molar-refractivity contribution in [2.24, 2.45) is 0 Å². The maximum absolute atomic E-state index is 6.15. The Morgan fingerprint density at radius 1 is 1.04 bits per heavy atom. The molecule has 2 heterocycles. The highest BCUT2D eigenvalue weighted by molar-refractivity contribution is 6.31. The molecule has 0 aliphatic rings. The predicted octanol–water partition coefficient (Wildman–Crippen LogP) is 4.34. The summed E-state index contributed by atoms with van der Waals surface area (Å²) in [5.74, 6) is 2.25. The van der Waals surface area contributed by atoms with Gasteiger partial charge >= 0.3 is 0 Å². The second kappa shape index (κ2) is 6.29. The summed E-state index contributed by atoms with van der Waals surface area (Å²) in [6, 6.07) is 15.5. The van der Waals surface area contributed by atoms with Gasteiger partial charge in [0, 0.05) is 28.5 Å². The molecule has 6 heteroatoms. The number of fused-ring (bicyclic) bond motifs is 1. The van der Waals surface area contributed by atoms with Crippen LogP contribution in [0.25, 0.3) is 10.9 Å². The Hall–Kier alpha value is -2.92. The molecule has 24 heavy (non-hydrogen) atoms. The van der Waals surface area contributed by atoms with Crippen molar-refractivity contribution in [3.63, 3.8) is 0 Å². The van der Waals surface area contributed by atoms with Crippen molar-refractivity contribution in [3.8, 4) is 0 Å². The Balaban J connectivity index is 1.80. The first-order valence-electron chi connectivity index (χ1n) is 7.54. The lowest BCUT2D eigenvalue weighted by atomic mass is 10.2. The number of rotatable bonds is 4. The van der Waals surface area contributed by atoms with Gasteiger partial charge in [-0.3, -0.25) is 0 Å². The molecule has 118 valence electrons. The number of aromatic amines is 1. The van der Waals surface area contributed by atoms with Crippen LogP contribution in [-0.4, -0.2) is 19.9 Å². The van der Waals surface area contributed by atoms with Crippen LogP contribution >= 0.6 is 11.6 Å². The van der Waals surface area contributed by atoms with Crippen LogP contribution < -0.4 is 5.32 Å². The Labute approximate surface area is 143 Å². The topological polar surface area (TPSA) is 66.5 Å². The molecule has 0 bridgehead atoms. The Bertz CT molecular complexity index is 968. The van der Waals surface area contributed by atoms with Gasteiger partial charge in [0.1, 0.15) is 17.5 Å². The van der Waals surface area contributed by atoms with Gasteiger partial charge in [-0.05, 0) is 30.3 Å². The van der Waals surface area contributed by atoms with Gasteiger partial charge < -0.3 is 10.3 Å². The van der Waals surface area contributed by atoms with Crippen LogP contribution in [0.15, 0.2) is 60.9 Å². The number of hydrogen-bond donors (Lipinski definition) is 2. The van der Waals surface area contributed by atoms with Gasteiger partial charge in [0.05, 0.1) is 11.9 Å². The van der Waals surface area contributed by atoms with Crippen LogP contribution in [-0.2, 0) is 6.42 Å². The summed E-state index contributed by atoms with van der Waals surface area (Å²) < 4.78 is 0. The van der Waals surface area contributed by atoms with Crippen molar-refractivity contribution >= 4 is 34.0 Å². The fraction of sp³-hybridized carbons (Fsp3) is 0.0556. The van der Waals surface area contributed by atoms with E-state index in [2.05, 4.69) is 25.3 Å². The average Bonchev–Trinajstić information content (AvgIpc) is 3.09. The molecule has 2 N–H and O–H groups in total. The maximum Gasteiger partial charge on any atom is 0.142 e. The molecule has 5 nitrogen and oxygen atoms in total. The van der Waals surface area contributed by atoms with E-state index in [4.69, 9.17) is 11.6 Å². The molecule has 4 rings (SSSR count). The van der Waals surface area contributed by atoms with E-state index >= 15 is 0 Å². The highest BCUT2D eigenvalue weighted by Gasteiger charge is 2.10. The first kappa shape index (κ1) is 14.7. The van der Waals surface area contributed by atoms with E-state index < -0.39 is 0 Å². The van der Waals surface area contributed by atoms with Crippen molar-refractivity contribution < 1.29 is 0 Å². The number of aromatic nitrogens is 4. The maximum atomic E-state index is 6.15. The highest BCUT2D eigenvalue weighted by atomic mass is 35.5. The Kier molecular flexibility index (Phi) is 3.84. The van der Waals surface area contributed by atoms with Crippen molar-refractivity contribution in [2.45, 2.75) is 6.42 Å². The number of nitrogens with one attached hydrogen (secondary N) is 2. The second-order valence-corrected chi connectivity index (χ2v) is 5.79. The van der Waals surface area contributed by atoms with Gasteiger partial charge in [0.15, 0.2) is 0 Å². The fourth-order valence-corrected chi connectivity index (χ4v) is 2.70. The number of imidazole rings is 1. The van der Waals surface area contributed by atoms with E-state index in [9.17, 15) is 0 Å². The zero-order valence-electron chi connectivity index (χ0n) is 12.7. The zero-order valence-corrected chi connectivity index (χ0v) is 13.5. The van der Waals surface area contributed by atoms with Crippen molar-refractivity contribution in [1.29, 1.82) is 0 Å². The van der Waals surface area contributed by atoms with Crippen LogP contribution in [0.5, 0.6) is 0 Å². The minimum absolute atomic E-state index is 0.537. The largest absolute Gasteiger partial charge is 0.348 e. The van der Waals surface area contributed by atoms with Gasteiger partial charge in [-0.25, -0.2) is 15.0 Å². The van der Waals surface area contributed by atoms with Gasteiger partial charge in [-0.2, -0.15) is 0 Å². The number of halogens is 1. The third-order valence-electron chi connectivity index (χ3n) is 3.62. The molecule has 2 aromatic heterocycles. The molecule has 0 radical (unpaired) electrons. The highest BCUT2D eigenvalue weighted by Crippen LogP contribution is 2.27. The SMILES string of the molecule is Clc1ccc2nc(Cc3ncc[nH]3)nc(Nc3ccccc3)c2c1. The zero-order chi connectivity index (χ0) is 16.4. The molecule has 2 aromatic carbocycles. The lowest BCUT2D eigenvalue weighted by molar-refractivity contribution is 0.929. The van der Waals surface area contributed by atoms with E-state index in [0.717, 1.165) is 28.2 Å². The molecule has 0 unspecified atom stereocenters. The summed E-state index contributed by atoms with van der Waals surface area (Å²) >= 11 is 6.15. The van der Waals surface area contributed by atoms with Crippen molar-refractivity contribution in [2.75, 3.05) is 5.32 Å². The second-order valence-electron chi connectivity index (χ2n) is 5.35. The van der Waals surface area contributed by atoms with Crippen LogP contribution in [0.3, 0.4) is 0 Å². The number of para-hydroxylation sites is 1. The number of anilines is 2. The van der Waals surface area contributed by atoms with Crippen molar-refractivity contribution in [3.05, 3.63) is 77.6 Å². The summed E-state index contributed by atoms with van der Waals surface area (Å²) in [6.45, 7) is 0. The monoisotopic (exact) mass is 335 g/mol. The van der Waals surface area contributed by atoms with Gasteiger partial charge in [0.2, 0.25) is 0 Å². The molecular weight excluding hydrogens is 322 g/mol. The third kappa shape index (κ3) is 3.07. The fourth-order valence-electron chi connectivity index (χ4n) is 2.53. The first-order chi connectivity index (χ1) is 11.8. The number of hydrogen-bond acceptors (Lipinski definition) is 4. The number of benzene rings is 2. The molecule has 0 aliphatic carbocycles. The van der Waals surface area contributed by atoms with Crippen LogP contribution in [0.2, 0.25) is 5.02 Å². The summed E-state index contributed by atoms with van der Waals surface area (Å²) in [4.78, 5) is 16.6.